The van der Waals surface area contributed by atoms with Crippen molar-refractivity contribution < 1.29 is 23.5 Å². The standard InChI is InChI=1S/C25H20ClFN2O4S/c1-14-10-16(15(2)29(14)17-6-7-21-22(12-17)33-9-8-32-21)11-23-24(30)28(25(31)34-23)13-18-19(26)4-3-5-20(18)27/h3-7,10-12H,8-9,13H2,1-2H3/b23-11-. The fourth-order valence-electron chi connectivity index (χ4n) is 4.12. The third-order valence-corrected chi connectivity index (χ3v) is 7.05. The molecule has 0 unspecified atom stereocenters. The van der Waals surface area contributed by atoms with Crippen LogP contribution in [0.25, 0.3) is 11.8 Å². The second-order valence-electron chi connectivity index (χ2n) is 7.96. The van der Waals surface area contributed by atoms with Crippen LogP contribution in [0.4, 0.5) is 9.18 Å². The summed E-state index contributed by atoms with van der Waals surface area (Å²) in [6, 6.07) is 12.0. The van der Waals surface area contributed by atoms with Gasteiger partial charge in [-0.2, -0.15) is 0 Å². The molecular formula is C25H20ClFN2O4S. The van der Waals surface area contributed by atoms with Gasteiger partial charge < -0.3 is 14.0 Å². The predicted octanol–water partition coefficient (Wildman–Crippen LogP) is 5.89. The molecule has 0 saturated carbocycles. The lowest BCUT2D eigenvalue weighted by molar-refractivity contribution is -0.123. The molecule has 2 amide bonds. The van der Waals surface area contributed by atoms with E-state index in [9.17, 15) is 14.0 Å². The zero-order valence-corrected chi connectivity index (χ0v) is 20.0. The summed E-state index contributed by atoms with van der Waals surface area (Å²) in [6.07, 6.45) is 1.70. The van der Waals surface area contributed by atoms with Gasteiger partial charge in [0.25, 0.3) is 11.1 Å². The molecule has 0 spiro atoms. The molecule has 6 nitrogen and oxygen atoms in total. The monoisotopic (exact) mass is 498 g/mol. The van der Waals surface area contributed by atoms with E-state index in [0.717, 1.165) is 39.3 Å². The molecule has 5 rings (SSSR count). The molecule has 0 radical (unpaired) electrons. The number of thioether (sulfide) groups is 1. The van der Waals surface area contributed by atoms with Crippen LogP contribution in [0.5, 0.6) is 11.5 Å². The van der Waals surface area contributed by atoms with Crippen molar-refractivity contribution in [2.75, 3.05) is 13.2 Å². The molecule has 3 aromatic rings. The first-order chi connectivity index (χ1) is 16.3. The molecule has 1 fully saturated rings. The Hall–Kier alpha value is -3.23. The molecule has 2 aliphatic heterocycles. The number of amides is 2. The van der Waals surface area contributed by atoms with Gasteiger partial charge in [-0.1, -0.05) is 17.7 Å². The highest BCUT2D eigenvalue weighted by Crippen LogP contribution is 2.37. The number of imide groups is 1. The number of rotatable bonds is 4. The normalized spacial score (nSPS) is 16.6. The number of benzene rings is 2. The maximum Gasteiger partial charge on any atom is 0.293 e. The van der Waals surface area contributed by atoms with Gasteiger partial charge in [-0.3, -0.25) is 14.5 Å². The van der Waals surface area contributed by atoms with Crippen molar-refractivity contribution in [1.29, 1.82) is 0 Å². The molecule has 9 heteroatoms. The van der Waals surface area contributed by atoms with Crippen LogP contribution in [0.3, 0.4) is 0 Å². The molecule has 3 heterocycles. The summed E-state index contributed by atoms with van der Waals surface area (Å²) in [7, 11) is 0. The topological polar surface area (TPSA) is 60.8 Å². The van der Waals surface area contributed by atoms with Gasteiger partial charge in [0.15, 0.2) is 11.5 Å². The van der Waals surface area contributed by atoms with Crippen LogP contribution < -0.4 is 9.47 Å². The molecule has 0 aliphatic carbocycles. The molecule has 1 saturated heterocycles. The van der Waals surface area contributed by atoms with Crippen LogP contribution in [0, 0.1) is 19.7 Å². The number of carbonyl (C=O) groups excluding carboxylic acids is 2. The number of aromatic nitrogens is 1. The average Bonchev–Trinajstić information content (AvgIpc) is 3.24. The van der Waals surface area contributed by atoms with E-state index < -0.39 is 17.0 Å². The second kappa shape index (κ2) is 8.85. The van der Waals surface area contributed by atoms with E-state index in [1.165, 1.54) is 18.2 Å². The SMILES string of the molecule is Cc1cc(/C=C2\SC(=O)N(Cc3c(F)cccc3Cl)C2=O)c(C)n1-c1ccc2c(c1)OCCO2. The number of aryl methyl sites for hydroxylation is 1. The molecular weight excluding hydrogens is 479 g/mol. The zero-order chi connectivity index (χ0) is 24.0. The maximum absolute atomic E-state index is 14.2. The van der Waals surface area contributed by atoms with Crippen LogP contribution in [0.15, 0.2) is 47.4 Å². The number of ether oxygens (including phenoxy) is 2. The van der Waals surface area contributed by atoms with Gasteiger partial charge in [0.05, 0.1) is 11.4 Å². The van der Waals surface area contributed by atoms with Crippen LogP contribution in [-0.4, -0.2) is 33.8 Å². The Labute approximate surface area is 204 Å². The van der Waals surface area contributed by atoms with E-state index in [1.54, 1.807) is 6.08 Å². The van der Waals surface area contributed by atoms with Crippen molar-refractivity contribution >= 4 is 40.6 Å². The fourth-order valence-corrected chi connectivity index (χ4v) is 5.17. The number of nitrogens with zero attached hydrogens (tertiary/aromatic N) is 2. The molecule has 2 aromatic carbocycles. The maximum atomic E-state index is 14.2. The molecule has 0 atom stereocenters. The fraction of sp³-hybridized carbons (Fsp3) is 0.200. The van der Waals surface area contributed by atoms with Gasteiger partial charge in [0, 0.05) is 33.7 Å². The van der Waals surface area contributed by atoms with Crippen molar-refractivity contribution in [2.24, 2.45) is 0 Å². The Morgan fingerprint density at radius 2 is 1.85 bits per heavy atom. The summed E-state index contributed by atoms with van der Waals surface area (Å²) in [5.74, 6) is 0.365. The minimum absolute atomic E-state index is 0.115. The number of halogens is 2. The predicted molar refractivity (Wildman–Crippen MR) is 129 cm³/mol. The van der Waals surface area contributed by atoms with E-state index in [1.807, 2.05) is 42.7 Å². The Balaban J connectivity index is 1.44. The first-order valence-corrected chi connectivity index (χ1v) is 11.8. The van der Waals surface area contributed by atoms with Gasteiger partial charge >= 0.3 is 0 Å². The van der Waals surface area contributed by atoms with E-state index in [0.29, 0.717) is 24.7 Å². The summed E-state index contributed by atoms with van der Waals surface area (Å²) < 4.78 is 27.6. The summed E-state index contributed by atoms with van der Waals surface area (Å²) in [6.45, 7) is 4.71. The number of fused-ring (bicyclic) bond motifs is 1. The zero-order valence-electron chi connectivity index (χ0n) is 18.4. The third-order valence-electron chi connectivity index (χ3n) is 5.79. The van der Waals surface area contributed by atoms with Gasteiger partial charge in [-0.05, 0) is 67.6 Å². The smallest absolute Gasteiger partial charge is 0.293 e. The Kier molecular flexibility index (Phi) is 5.87. The summed E-state index contributed by atoms with van der Waals surface area (Å²) in [5.41, 5.74) is 3.68. The van der Waals surface area contributed by atoms with Gasteiger partial charge in [0.1, 0.15) is 19.0 Å². The Morgan fingerprint density at radius 1 is 1.09 bits per heavy atom. The van der Waals surface area contributed by atoms with Gasteiger partial charge in [0.2, 0.25) is 0 Å². The van der Waals surface area contributed by atoms with Crippen LogP contribution >= 0.6 is 23.4 Å². The summed E-state index contributed by atoms with van der Waals surface area (Å²) >= 11 is 6.92. The molecule has 2 aliphatic rings. The lowest BCUT2D eigenvalue weighted by atomic mass is 10.2. The Morgan fingerprint density at radius 3 is 2.62 bits per heavy atom. The van der Waals surface area contributed by atoms with Crippen molar-refractivity contribution in [3.8, 4) is 17.2 Å². The van der Waals surface area contributed by atoms with Gasteiger partial charge in [-0.25, -0.2) is 4.39 Å². The third kappa shape index (κ3) is 3.97. The minimum atomic E-state index is -0.557. The van der Waals surface area contributed by atoms with E-state index in [-0.39, 0.29) is 22.0 Å². The largest absolute Gasteiger partial charge is 0.486 e. The molecule has 0 N–H and O–H groups in total. The van der Waals surface area contributed by atoms with Crippen molar-refractivity contribution in [2.45, 2.75) is 20.4 Å². The van der Waals surface area contributed by atoms with Crippen LogP contribution in [0.1, 0.15) is 22.5 Å². The summed E-state index contributed by atoms with van der Waals surface area (Å²) in [4.78, 5) is 26.8. The first kappa shape index (κ1) is 22.6. The molecule has 174 valence electrons. The summed E-state index contributed by atoms with van der Waals surface area (Å²) in [5, 5.41) is -0.290. The second-order valence-corrected chi connectivity index (χ2v) is 9.36. The number of carbonyl (C=O) groups is 2. The highest BCUT2D eigenvalue weighted by molar-refractivity contribution is 8.18. The minimum Gasteiger partial charge on any atom is -0.486 e. The van der Waals surface area contributed by atoms with Gasteiger partial charge in [-0.15, -0.1) is 0 Å². The Bertz CT molecular complexity index is 1350. The first-order valence-electron chi connectivity index (χ1n) is 10.6. The van der Waals surface area contributed by atoms with Crippen LogP contribution in [-0.2, 0) is 11.3 Å². The highest BCUT2D eigenvalue weighted by atomic mass is 35.5. The lowest BCUT2D eigenvalue weighted by Crippen LogP contribution is -2.28. The number of hydrogen-bond acceptors (Lipinski definition) is 5. The number of hydrogen-bond donors (Lipinski definition) is 0. The van der Waals surface area contributed by atoms with E-state index in [2.05, 4.69) is 0 Å². The van der Waals surface area contributed by atoms with E-state index in [4.69, 9.17) is 21.1 Å². The van der Waals surface area contributed by atoms with Crippen LogP contribution in [0.2, 0.25) is 5.02 Å². The van der Waals surface area contributed by atoms with Crippen molar-refractivity contribution in [3.63, 3.8) is 0 Å². The molecule has 34 heavy (non-hydrogen) atoms. The lowest BCUT2D eigenvalue weighted by Gasteiger charge is -2.20. The highest BCUT2D eigenvalue weighted by Gasteiger charge is 2.36. The average molecular weight is 499 g/mol. The van der Waals surface area contributed by atoms with Crippen molar-refractivity contribution in [1.82, 2.24) is 9.47 Å². The molecule has 1 aromatic heterocycles. The molecule has 0 bridgehead atoms. The quantitative estimate of drug-likeness (QED) is 0.419. The van der Waals surface area contributed by atoms with Crippen molar-refractivity contribution in [3.05, 3.63) is 80.7 Å². The van der Waals surface area contributed by atoms with E-state index >= 15 is 0 Å².